The van der Waals surface area contributed by atoms with Crippen LogP contribution in [0.5, 0.6) is 5.75 Å². The fourth-order valence-electron chi connectivity index (χ4n) is 2.82. The summed E-state index contributed by atoms with van der Waals surface area (Å²) in [6, 6.07) is 13.3. The lowest BCUT2D eigenvalue weighted by Crippen LogP contribution is -2.39. The first-order valence-electron chi connectivity index (χ1n) is 8.57. The number of hydrogen-bond donors (Lipinski definition) is 2. The van der Waals surface area contributed by atoms with E-state index in [1.54, 1.807) is 6.07 Å². The van der Waals surface area contributed by atoms with Gasteiger partial charge in [-0.25, -0.2) is 4.98 Å². The molecule has 2 N–H and O–H groups in total. The molecular weight excluding hydrogens is 442 g/mol. The van der Waals surface area contributed by atoms with E-state index < -0.39 is 6.10 Å². The Morgan fingerprint density at radius 3 is 2.86 bits per heavy atom. The van der Waals surface area contributed by atoms with Crippen LogP contribution in [0.1, 0.15) is 12.0 Å². The van der Waals surface area contributed by atoms with Gasteiger partial charge in [0.15, 0.2) is 11.2 Å². The molecule has 3 aromatic rings. The van der Waals surface area contributed by atoms with Gasteiger partial charge in [-0.2, -0.15) is 0 Å². The van der Waals surface area contributed by atoms with E-state index in [9.17, 15) is 9.59 Å². The summed E-state index contributed by atoms with van der Waals surface area (Å²) in [4.78, 5) is 29.0. The first kappa shape index (κ1) is 18.6. The van der Waals surface area contributed by atoms with Crippen LogP contribution in [0.25, 0.3) is 11.3 Å². The molecule has 0 fully saturated rings. The van der Waals surface area contributed by atoms with Crippen LogP contribution in [0.4, 0.5) is 10.8 Å². The molecule has 1 atom stereocenters. The summed E-state index contributed by atoms with van der Waals surface area (Å²) in [6.45, 7) is 1.93. The predicted molar refractivity (Wildman–Crippen MR) is 113 cm³/mol. The SMILES string of the molecule is Cc1ccc2c(c1)NC(=O)C(CC(=O)Nc1nc(-c3ccc(Br)cc3)cs1)O2. The number of nitrogens with one attached hydrogen (secondary N) is 2. The molecule has 1 aliphatic rings. The number of ether oxygens (including phenoxy) is 1. The molecule has 0 bridgehead atoms. The molecule has 1 aromatic heterocycles. The van der Waals surface area contributed by atoms with E-state index in [0.29, 0.717) is 16.6 Å². The van der Waals surface area contributed by atoms with Gasteiger partial charge >= 0.3 is 0 Å². The van der Waals surface area contributed by atoms with Crippen molar-refractivity contribution in [3.63, 3.8) is 0 Å². The molecule has 0 saturated carbocycles. The lowest BCUT2D eigenvalue weighted by molar-refractivity contribution is -0.128. The Kier molecular flexibility index (Phi) is 5.15. The van der Waals surface area contributed by atoms with Gasteiger partial charge in [0.05, 0.1) is 17.8 Å². The number of halogens is 1. The number of thiazole rings is 1. The number of amides is 2. The molecule has 8 heteroatoms. The van der Waals surface area contributed by atoms with Gasteiger partial charge in [-0.15, -0.1) is 11.3 Å². The molecule has 1 unspecified atom stereocenters. The second-order valence-electron chi connectivity index (χ2n) is 6.39. The van der Waals surface area contributed by atoms with Gasteiger partial charge in [0, 0.05) is 15.4 Å². The third kappa shape index (κ3) is 4.07. The lowest BCUT2D eigenvalue weighted by Gasteiger charge is -2.25. The fourth-order valence-corrected chi connectivity index (χ4v) is 3.82. The summed E-state index contributed by atoms with van der Waals surface area (Å²) in [5.74, 6) is -0.0925. The van der Waals surface area contributed by atoms with Crippen LogP contribution >= 0.6 is 27.3 Å². The van der Waals surface area contributed by atoms with Crippen LogP contribution < -0.4 is 15.4 Å². The number of benzene rings is 2. The maximum atomic E-state index is 12.4. The third-order valence-electron chi connectivity index (χ3n) is 4.22. The maximum absolute atomic E-state index is 12.4. The molecule has 6 nitrogen and oxygen atoms in total. The minimum Gasteiger partial charge on any atom is -0.478 e. The second kappa shape index (κ2) is 7.73. The van der Waals surface area contributed by atoms with Gasteiger partial charge in [0.1, 0.15) is 5.75 Å². The largest absolute Gasteiger partial charge is 0.478 e. The Morgan fingerprint density at radius 2 is 2.07 bits per heavy atom. The van der Waals surface area contributed by atoms with Crippen LogP contribution in [0, 0.1) is 6.92 Å². The number of aryl methyl sites for hydroxylation is 1. The number of aromatic nitrogens is 1. The van der Waals surface area contributed by atoms with Crippen molar-refractivity contribution < 1.29 is 14.3 Å². The zero-order valence-electron chi connectivity index (χ0n) is 14.9. The van der Waals surface area contributed by atoms with Crippen LogP contribution in [0.15, 0.2) is 52.3 Å². The van der Waals surface area contributed by atoms with Crippen molar-refractivity contribution in [1.29, 1.82) is 0 Å². The highest BCUT2D eigenvalue weighted by Gasteiger charge is 2.30. The molecule has 2 heterocycles. The molecule has 28 heavy (non-hydrogen) atoms. The Morgan fingerprint density at radius 1 is 1.29 bits per heavy atom. The minimum atomic E-state index is -0.874. The molecule has 2 aromatic carbocycles. The van der Waals surface area contributed by atoms with Crippen LogP contribution in [-0.2, 0) is 9.59 Å². The molecule has 0 spiro atoms. The summed E-state index contributed by atoms with van der Waals surface area (Å²) < 4.78 is 6.69. The minimum absolute atomic E-state index is 0.0909. The van der Waals surface area contributed by atoms with Crippen LogP contribution in [0.3, 0.4) is 0 Å². The van der Waals surface area contributed by atoms with Crippen molar-refractivity contribution >= 4 is 49.9 Å². The molecule has 1 aliphatic heterocycles. The zero-order valence-corrected chi connectivity index (χ0v) is 17.3. The molecule has 4 rings (SSSR count). The van der Waals surface area contributed by atoms with Gasteiger partial charge in [0.25, 0.3) is 5.91 Å². The first-order chi connectivity index (χ1) is 13.5. The number of nitrogens with zero attached hydrogens (tertiary/aromatic N) is 1. The predicted octanol–water partition coefficient (Wildman–Crippen LogP) is 4.61. The van der Waals surface area contributed by atoms with Crippen molar-refractivity contribution in [2.45, 2.75) is 19.4 Å². The third-order valence-corrected chi connectivity index (χ3v) is 5.50. The number of fused-ring (bicyclic) bond motifs is 1. The monoisotopic (exact) mass is 457 g/mol. The number of carbonyl (C=O) groups is 2. The Hall–Kier alpha value is -2.71. The smallest absolute Gasteiger partial charge is 0.266 e. The Labute approximate surface area is 174 Å². The van der Waals surface area contributed by atoms with E-state index in [1.165, 1.54) is 11.3 Å². The topological polar surface area (TPSA) is 80.3 Å². The summed E-state index contributed by atoms with van der Waals surface area (Å²) in [7, 11) is 0. The maximum Gasteiger partial charge on any atom is 0.266 e. The van der Waals surface area contributed by atoms with Crippen LogP contribution in [0.2, 0.25) is 0 Å². The van der Waals surface area contributed by atoms with Gasteiger partial charge in [-0.1, -0.05) is 34.1 Å². The molecule has 0 radical (unpaired) electrons. The highest BCUT2D eigenvalue weighted by Crippen LogP contribution is 2.31. The van der Waals surface area contributed by atoms with E-state index in [1.807, 2.05) is 48.7 Å². The van der Waals surface area contributed by atoms with Crippen molar-refractivity contribution in [2.24, 2.45) is 0 Å². The lowest BCUT2D eigenvalue weighted by atomic mass is 10.1. The van der Waals surface area contributed by atoms with Crippen molar-refractivity contribution in [1.82, 2.24) is 4.98 Å². The van der Waals surface area contributed by atoms with Crippen molar-refractivity contribution in [3.05, 3.63) is 57.9 Å². The number of rotatable bonds is 4. The number of hydrogen-bond acceptors (Lipinski definition) is 5. The second-order valence-corrected chi connectivity index (χ2v) is 8.17. The molecule has 0 saturated heterocycles. The van der Waals surface area contributed by atoms with Gasteiger partial charge in [0.2, 0.25) is 5.91 Å². The summed E-state index contributed by atoms with van der Waals surface area (Å²) in [5.41, 5.74) is 3.38. The molecule has 0 aliphatic carbocycles. The van der Waals surface area contributed by atoms with Gasteiger partial charge < -0.3 is 15.4 Å². The highest BCUT2D eigenvalue weighted by atomic mass is 79.9. The van der Waals surface area contributed by atoms with Crippen molar-refractivity contribution in [2.75, 3.05) is 10.6 Å². The molecular formula is C20H16BrN3O3S. The summed E-state index contributed by atoms with van der Waals surface area (Å²) in [5, 5.41) is 7.89. The average Bonchev–Trinajstić information content (AvgIpc) is 3.11. The van der Waals surface area contributed by atoms with Gasteiger partial charge in [-0.05, 0) is 36.8 Å². The number of carbonyl (C=O) groups excluding carboxylic acids is 2. The van der Waals surface area contributed by atoms with Crippen molar-refractivity contribution in [3.8, 4) is 17.0 Å². The van der Waals surface area contributed by atoms with E-state index in [0.717, 1.165) is 21.3 Å². The van der Waals surface area contributed by atoms with E-state index in [4.69, 9.17) is 4.74 Å². The standard InChI is InChI=1S/C20H16BrN3O3S/c1-11-2-7-16-14(8-11)22-19(26)17(27-16)9-18(25)24-20-23-15(10-28-20)12-3-5-13(21)6-4-12/h2-8,10,17H,9H2,1H3,(H,22,26)(H,23,24,25). The normalized spacial score (nSPS) is 15.4. The molecule has 2 amide bonds. The number of anilines is 2. The average molecular weight is 458 g/mol. The van der Waals surface area contributed by atoms with Crippen LogP contribution in [-0.4, -0.2) is 22.9 Å². The van der Waals surface area contributed by atoms with Gasteiger partial charge in [-0.3, -0.25) is 9.59 Å². The highest BCUT2D eigenvalue weighted by molar-refractivity contribution is 9.10. The quantitative estimate of drug-likeness (QED) is 0.599. The summed E-state index contributed by atoms with van der Waals surface area (Å²) in [6.07, 6.45) is -0.965. The van der Waals surface area contributed by atoms with E-state index in [-0.39, 0.29) is 18.2 Å². The summed E-state index contributed by atoms with van der Waals surface area (Å²) >= 11 is 4.74. The zero-order chi connectivity index (χ0) is 19.7. The first-order valence-corrected chi connectivity index (χ1v) is 10.2. The Balaban J connectivity index is 1.40. The fraction of sp³-hybridized carbons (Fsp3) is 0.150. The van der Waals surface area contributed by atoms with E-state index >= 15 is 0 Å². The Bertz CT molecular complexity index is 1050. The van der Waals surface area contributed by atoms with E-state index in [2.05, 4.69) is 31.5 Å². The molecule has 142 valence electrons.